The monoisotopic (exact) mass is 411 g/mol. The number of hydrogen-bond donors (Lipinski definition) is 1. The number of carbonyl (C=O) groups is 2. The number of amides is 2. The minimum atomic E-state index is -0.782. The summed E-state index contributed by atoms with van der Waals surface area (Å²) in [6, 6.07) is 6.57. The Hall–Kier alpha value is -2.58. The molecule has 5 nitrogen and oxygen atoms in total. The minimum absolute atomic E-state index is 0.00564. The van der Waals surface area contributed by atoms with Gasteiger partial charge < -0.3 is 10.2 Å². The molecule has 2 aromatic carbocycles. The second kappa shape index (κ2) is 8.62. The predicted octanol–water partition coefficient (Wildman–Crippen LogP) is 3.15. The highest BCUT2D eigenvalue weighted by molar-refractivity contribution is 6.31. The first-order valence-corrected chi connectivity index (χ1v) is 8.92. The molecule has 2 amide bonds. The first-order valence-electron chi connectivity index (χ1n) is 8.54. The van der Waals surface area contributed by atoms with Crippen molar-refractivity contribution in [3.05, 3.63) is 64.4 Å². The van der Waals surface area contributed by atoms with E-state index in [1.807, 2.05) is 0 Å². The fourth-order valence-electron chi connectivity index (χ4n) is 2.97. The van der Waals surface area contributed by atoms with E-state index in [0.717, 1.165) is 18.2 Å². The van der Waals surface area contributed by atoms with E-state index in [1.165, 1.54) is 17.0 Å². The lowest BCUT2D eigenvalue weighted by Gasteiger charge is -2.34. The summed E-state index contributed by atoms with van der Waals surface area (Å²) in [5.74, 6) is -3.09. The normalized spacial score (nSPS) is 14.8. The molecule has 0 saturated carbocycles. The summed E-state index contributed by atoms with van der Waals surface area (Å²) >= 11 is 5.83. The molecule has 0 radical (unpaired) electrons. The first kappa shape index (κ1) is 20.2. The van der Waals surface area contributed by atoms with Gasteiger partial charge in [-0.2, -0.15) is 0 Å². The van der Waals surface area contributed by atoms with Crippen LogP contribution in [0.25, 0.3) is 0 Å². The van der Waals surface area contributed by atoms with Gasteiger partial charge in [-0.15, -0.1) is 0 Å². The van der Waals surface area contributed by atoms with E-state index in [0.29, 0.717) is 32.2 Å². The van der Waals surface area contributed by atoms with E-state index < -0.39 is 29.3 Å². The van der Waals surface area contributed by atoms with Gasteiger partial charge in [0.2, 0.25) is 5.91 Å². The van der Waals surface area contributed by atoms with Crippen LogP contribution in [-0.2, 0) is 4.79 Å². The molecule has 1 aliphatic heterocycles. The van der Waals surface area contributed by atoms with Crippen molar-refractivity contribution in [2.75, 3.05) is 38.0 Å². The molecular formula is C19H17ClF3N3O2. The van der Waals surface area contributed by atoms with E-state index in [1.54, 1.807) is 4.90 Å². The summed E-state index contributed by atoms with van der Waals surface area (Å²) < 4.78 is 40.2. The average molecular weight is 412 g/mol. The highest BCUT2D eigenvalue weighted by Crippen LogP contribution is 2.18. The van der Waals surface area contributed by atoms with Crippen LogP contribution in [0.3, 0.4) is 0 Å². The topological polar surface area (TPSA) is 52.7 Å². The quantitative estimate of drug-likeness (QED) is 0.841. The zero-order chi connectivity index (χ0) is 20.3. The van der Waals surface area contributed by atoms with Crippen molar-refractivity contribution in [1.29, 1.82) is 0 Å². The first-order chi connectivity index (χ1) is 13.3. The highest BCUT2D eigenvalue weighted by Gasteiger charge is 2.25. The number of hydrogen-bond acceptors (Lipinski definition) is 3. The van der Waals surface area contributed by atoms with Crippen molar-refractivity contribution in [2.24, 2.45) is 0 Å². The number of anilines is 1. The Kier molecular flexibility index (Phi) is 6.21. The van der Waals surface area contributed by atoms with Crippen LogP contribution in [0, 0.1) is 17.5 Å². The molecule has 9 heteroatoms. The molecule has 1 N–H and O–H groups in total. The Balaban J connectivity index is 1.53. The van der Waals surface area contributed by atoms with E-state index in [-0.39, 0.29) is 22.8 Å². The van der Waals surface area contributed by atoms with Gasteiger partial charge in [0.25, 0.3) is 5.91 Å². The van der Waals surface area contributed by atoms with Crippen LogP contribution in [0.1, 0.15) is 10.4 Å². The van der Waals surface area contributed by atoms with Crippen molar-refractivity contribution in [2.45, 2.75) is 0 Å². The van der Waals surface area contributed by atoms with Crippen LogP contribution < -0.4 is 5.32 Å². The number of carbonyl (C=O) groups excluding carboxylic acids is 2. The van der Waals surface area contributed by atoms with Crippen molar-refractivity contribution in [3.8, 4) is 0 Å². The molecule has 0 aliphatic carbocycles. The summed E-state index contributed by atoms with van der Waals surface area (Å²) in [6.07, 6.45) is 0. The molecule has 1 saturated heterocycles. The molecule has 0 aromatic heterocycles. The van der Waals surface area contributed by atoms with Crippen LogP contribution in [0.2, 0.25) is 5.02 Å². The van der Waals surface area contributed by atoms with Gasteiger partial charge in [0.1, 0.15) is 17.5 Å². The van der Waals surface area contributed by atoms with Crippen molar-refractivity contribution in [1.82, 2.24) is 9.80 Å². The van der Waals surface area contributed by atoms with Gasteiger partial charge in [0.15, 0.2) is 0 Å². The van der Waals surface area contributed by atoms with Gasteiger partial charge in [0, 0.05) is 43.0 Å². The third-order valence-corrected chi connectivity index (χ3v) is 4.57. The lowest BCUT2D eigenvalue weighted by Crippen LogP contribution is -2.50. The van der Waals surface area contributed by atoms with Crippen molar-refractivity contribution >= 4 is 29.1 Å². The van der Waals surface area contributed by atoms with E-state index in [4.69, 9.17) is 11.6 Å². The number of nitrogens with zero attached hydrogens (tertiary/aromatic N) is 2. The third-order valence-electron chi connectivity index (χ3n) is 4.33. The third kappa shape index (κ3) is 5.02. The highest BCUT2D eigenvalue weighted by atomic mass is 35.5. The molecule has 28 heavy (non-hydrogen) atoms. The standard InChI is InChI=1S/C19H17ClF3N3O2/c20-12-1-2-17(23)16(7-12)19(28)26-5-3-25(4-6-26)11-18(27)24-15-9-13(21)8-14(22)10-15/h1-2,7-10H,3-6,11H2,(H,24,27). The van der Waals surface area contributed by atoms with Gasteiger partial charge in [-0.05, 0) is 30.3 Å². The summed E-state index contributed by atoms with van der Waals surface area (Å²) in [7, 11) is 0. The Morgan fingerprint density at radius 1 is 0.964 bits per heavy atom. The van der Waals surface area contributed by atoms with Crippen molar-refractivity contribution < 1.29 is 22.8 Å². The van der Waals surface area contributed by atoms with Crippen molar-refractivity contribution in [3.63, 3.8) is 0 Å². The molecule has 1 aliphatic rings. The molecule has 0 bridgehead atoms. The van der Waals surface area contributed by atoms with Crippen LogP contribution >= 0.6 is 11.6 Å². The Bertz CT molecular complexity index is 882. The molecule has 148 valence electrons. The van der Waals surface area contributed by atoms with E-state index in [9.17, 15) is 22.8 Å². The fraction of sp³-hybridized carbons (Fsp3) is 0.263. The Morgan fingerprint density at radius 3 is 2.25 bits per heavy atom. The maximum atomic E-state index is 13.9. The Morgan fingerprint density at radius 2 is 1.61 bits per heavy atom. The smallest absolute Gasteiger partial charge is 0.256 e. The minimum Gasteiger partial charge on any atom is -0.336 e. The van der Waals surface area contributed by atoms with Crippen LogP contribution in [0.15, 0.2) is 36.4 Å². The zero-order valence-corrected chi connectivity index (χ0v) is 15.5. The number of rotatable bonds is 4. The van der Waals surface area contributed by atoms with Crippen LogP contribution in [0.5, 0.6) is 0 Å². The van der Waals surface area contributed by atoms with Gasteiger partial charge in [-0.3, -0.25) is 14.5 Å². The molecule has 1 heterocycles. The van der Waals surface area contributed by atoms with Gasteiger partial charge in [0.05, 0.1) is 12.1 Å². The molecule has 3 rings (SSSR count). The molecule has 2 aromatic rings. The molecular weight excluding hydrogens is 395 g/mol. The van der Waals surface area contributed by atoms with Crippen LogP contribution in [-0.4, -0.2) is 54.3 Å². The molecule has 0 atom stereocenters. The van der Waals surface area contributed by atoms with Crippen LogP contribution in [0.4, 0.5) is 18.9 Å². The van der Waals surface area contributed by atoms with E-state index >= 15 is 0 Å². The molecule has 0 spiro atoms. The number of halogens is 4. The predicted molar refractivity (Wildman–Crippen MR) is 98.7 cm³/mol. The zero-order valence-electron chi connectivity index (χ0n) is 14.7. The van der Waals surface area contributed by atoms with Gasteiger partial charge >= 0.3 is 0 Å². The summed E-state index contributed by atoms with van der Waals surface area (Å²) in [5.41, 5.74) is -0.0560. The lowest BCUT2D eigenvalue weighted by molar-refractivity contribution is -0.117. The second-order valence-corrected chi connectivity index (χ2v) is 6.84. The summed E-state index contributed by atoms with van der Waals surface area (Å²) in [6.45, 7) is 1.43. The fourth-order valence-corrected chi connectivity index (χ4v) is 3.14. The largest absolute Gasteiger partial charge is 0.336 e. The Labute approximate surface area is 164 Å². The molecule has 0 unspecified atom stereocenters. The number of benzene rings is 2. The average Bonchev–Trinajstić information content (AvgIpc) is 2.63. The summed E-state index contributed by atoms with van der Waals surface area (Å²) in [4.78, 5) is 27.8. The van der Waals surface area contributed by atoms with Gasteiger partial charge in [-0.25, -0.2) is 13.2 Å². The maximum absolute atomic E-state index is 13.9. The van der Waals surface area contributed by atoms with Gasteiger partial charge in [-0.1, -0.05) is 11.6 Å². The maximum Gasteiger partial charge on any atom is 0.256 e. The lowest BCUT2D eigenvalue weighted by atomic mass is 10.1. The summed E-state index contributed by atoms with van der Waals surface area (Å²) in [5, 5.41) is 2.71. The molecule has 1 fully saturated rings. The number of piperazine rings is 1. The van der Waals surface area contributed by atoms with E-state index in [2.05, 4.69) is 5.32 Å². The second-order valence-electron chi connectivity index (χ2n) is 6.40. The SMILES string of the molecule is O=C(CN1CCN(C(=O)c2cc(Cl)ccc2F)CC1)Nc1cc(F)cc(F)c1. The number of nitrogens with one attached hydrogen (secondary N) is 1.